The largest absolute Gasteiger partial charge is 0.403 e. The highest BCUT2D eigenvalue weighted by molar-refractivity contribution is 6.09. The molecule has 2 aromatic heterocycles. The van der Waals surface area contributed by atoms with Gasteiger partial charge < -0.3 is 9.30 Å². The molecule has 3 heteroatoms. The minimum atomic E-state index is 0.820. The standard InChI is InChI=1S/C19H17N2O/c1-20-13-6-5-12-18(20)22-17-11-7-9-15-14-8-3-4-10-16(14)21(2)19(15)17/h3-13H,1-2H3/q+1. The molecule has 0 spiro atoms. The van der Waals surface area contributed by atoms with E-state index in [9.17, 15) is 0 Å². The lowest BCUT2D eigenvalue weighted by Gasteiger charge is -2.06. The Morgan fingerprint density at radius 1 is 0.864 bits per heavy atom. The predicted octanol–water partition coefficient (Wildman–Crippen LogP) is 3.95. The van der Waals surface area contributed by atoms with Crippen molar-refractivity contribution >= 4 is 21.8 Å². The molecule has 0 amide bonds. The third-order valence-electron chi connectivity index (χ3n) is 4.11. The number of hydrogen-bond donors (Lipinski definition) is 0. The average Bonchev–Trinajstić information content (AvgIpc) is 2.84. The molecule has 2 aromatic carbocycles. The smallest absolute Gasteiger partial charge is 0.373 e. The van der Waals surface area contributed by atoms with Crippen LogP contribution in [0.25, 0.3) is 21.8 Å². The van der Waals surface area contributed by atoms with Crippen molar-refractivity contribution in [2.24, 2.45) is 14.1 Å². The van der Waals surface area contributed by atoms with Gasteiger partial charge in [-0.25, -0.2) is 0 Å². The fourth-order valence-corrected chi connectivity index (χ4v) is 3.01. The van der Waals surface area contributed by atoms with E-state index in [1.165, 1.54) is 16.3 Å². The van der Waals surface area contributed by atoms with Gasteiger partial charge in [0.2, 0.25) is 0 Å². The zero-order valence-corrected chi connectivity index (χ0v) is 12.7. The first-order valence-corrected chi connectivity index (χ1v) is 7.34. The second kappa shape index (κ2) is 4.88. The summed E-state index contributed by atoms with van der Waals surface area (Å²) in [6.07, 6.45) is 1.98. The molecule has 0 atom stereocenters. The molecule has 0 saturated heterocycles. The minimum absolute atomic E-state index is 0.820. The molecule has 0 bridgehead atoms. The average molecular weight is 289 g/mol. The topological polar surface area (TPSA) is 18.0 Å². The van der Waals surface area contributed by atoms with Gasteiger partial charge in [-0.05, 0) is 18.2 Å². The van der Waals surface area contributed by atoms with E-state index in [2.05, 4.69) is 41.9 Å². The summed E-state index contributed by atoms with van der Waals surface area (Å²) in [6, 6.07) is 20.6. The fourth-order valence-electron chi connectivity index (χ4n) is 3.01. The van der Waals surface area contributed by atoms with Gasteiger partial charge in [0.25, 0.3) is 0 Å². The molecule has 0 aliphatic carbocycles. The second-order valence-electron chi connectivity index (χ2n) is 5.48. The first-order valence-electron chi connectivity index (χ1n) is 7.34. The Morgan fingerprint density at radius 2 is 1.64 bits per heavy atom. The van der Waals surface area contributed by atoms with Crippen molar-refractivity contribution in [3.8, 4) is 11.6 Å². The summed E-state index contributed by atoms with van der Waals surface area (Å²) in [7, 11) is 4.07. The van der Waals surface area contributed by atoms with Crippen molar-refractivity contribution < 1.29 is 9.30 Å². The maximum absolute atomic E-state index is 6.17. The number of aryl methyl sites for hydroxylation is 2. The van der Waals surface area contributed by atoms with Crippen LogP contribution >= 0.6 is 0 Å². The van der Waals surface area contributed by atoms with E-state index in [-0.39, 0.29) is 0 Å². The Kier molecular flexibility index (Phi) is 2.86. The zero-order valence-electron chi connectivity index (χ0n) is 12.7. The Morgan fingerprint density at radius 3 is 2.50 bits per heavy atom. The number of pyridine rings is 1. The number of nitrogens with zero attached hydrogens (tertiary/aromatic N) is 2. The highest BCUT2D eigenvalue weighted by atomic mass is 16.5. The lowest BCUT2D eigenvalue weighted by molar-refractivity contribution is -0.675. The van der Waals surface area contributed by atoms with E-state index in [1.807, 2.05) is 48.1 Å². The summed E-state index contributed by atoms with van der Waals surface area (Å²) in [4.78, 5) is 0. The molecule has 108 valence electrons. The van der Waals surface area contributed by atoms with Crippen molar-refractivity contribution in [3.63, 3.8) is 0 Å². The summed E-state index contributed by atoms with van der Waals surface area (Å²) in [6.45, 7) is 0. The van der Waals surface area contributed by atoms with Crippen molar-refractivity contribution in [1.29, 1.82) is 0 Å². The van der Waals surface area contributed by atoms with Crippen LogP contribution in [0.4, 0.5) is 0 Å². The lowest BCUT2D eigenvalue weighted by Crippen LogP contribution is -2.28. The summed E-state index contributed by atoms with van der Waals surface area (Å²) in [5.41, 5.74) is 2.33. The van der Waals surface area contributed by atoms with Crippen molar-refractivity contribution in [2.75, 3.05) is 0 Å². The summed E-state index contributed by atoms with van der Waals surface area (Å²) in [5.74, 6) is 1.69. The maximum atomic E-state index is 6.17. The number of ether oxygens (including phenoxy) is 1. The molecule has 3 nitrogen and oxygen atoms in total. The molecule has 0 aliphatic rings. The van der Waals surface area contributed by atoms with Gasteiger partial charge in [0.15, 0.2) is 11.9 Å². The first-order chi connectivity index (χ1) is 10.8. The van der Waals surface area contributed by atoms with Gasteiger partial charge >= 0.3 is 5.88 Å². The molecule has 4 aromatic rings. The zero-order chi connectivity index (χ0) is 15.1. The highest BCUT2D eigenvalue weighted by Gasteiger charge is 2.15. The van der Waals surface area contributed by atoms with E-state index in [0.717, 1.165) is 17.1 Å². The number of para-hydroxylation sites is 2. The van der Waals surface area contributed by atoms with Crippen molar-refractivity contribution in [2.45, 2.75) is 0 Å². The summed E-state index contributed by atoms with van der Waals surface area (Å²) < 4.78 is 10.3. The van der Waals surface area contributed by atoms with Crippen LogP contribution in [0, 0.1) is 0 Å². The van der Waals surface area contributed by atoms with Crippen LogP contribution in [0.15, 0.2) is 66.9 Å². The summed E-state index contributed by atoms with van der Waals surface area (Å²) >= 11 is 0. The first kappa shape index (κ1) is 12.9. The second-order valence-corrected chi connectivity index (χ2v) is 5.48. The summed E-state index contributed by atoms with van der Waals surface area (Å²) in [5, 5.41) is 2.47. The van der Waals surface area contributed by atoms with Crippen LogP contribution in [-0.2, 0) is 14.1 Å². The van der Waals surface area contributed by atoms with E-state index in [1.54, 1.807) is 0 Å². The molecule has 2 heterocycles. The monoisotopic (exact) mass is 289 g/mol. The Hall–Kier alpha value is -2.81. The Balaban J connectivity index is 1.97. The van der Waals surface area contributed by atoms with Gasteiger partial charge in [-0.2, -0.15) is 4.57 Å². The number of fused-ring (bicyclic) bond motifs is 3. The van der Waals surface area contributed by atoms with Gasteiger partial charge in [-0.3, -0.25) is 0 Å². The fraction of sp³-hybridized carbons (Fsp3) is 0.105. The normalized spacial score (nSPS) is 11.2. The van der Waals surface area contributed by atoms with E-state index >= 15 is 0 Å². The SMILES string of the molecule is Cn1c2ccccc2c2cccc(Oc3cccc[n+]3C)c21. The van der Waals surface area contributed by atoms with E-state index < -0.39 is 0 Å². The quantitative estimate of drug-likeness (QED) is 0.511. The molecule has 0 unspecified atom stereocenters. The predicted molar refractivity (Wildman–Crippen MR) is 88.1 cm³/mol. The molecular formula is C19H17N2O+. The van der Waals surface area contributed by atoms with Crippen LogP contribution in [0.3, 0.4) is 0 Å². The minimum Gasteiger partial charge on any atom is -0.403 e. The van der Waals surface area contributed by atoms with Gasteiger partial charge in [0, 0.05) is 29.4 Å². The molecule has 0 saturated carbocycles. The molecule has 0 N–H and O–H groups in total. The number of hydrogen-bond acceptors (Lipinski definition) is 1. The van der Waals surface area contributed by atoms with Crippen LogP contribution < -0.4 is 9.30 Å². The lowest BCUT2D eigenvalue weighted by atomic mass is 10.1. The van der Waals surface area contributed by atoms with Crippen LogP contribution in [0.2, 0.25) is 0 Å². The maximum Gasteiger partial charge on any atom is 0.373 e. The van der Waals surface area contributed by atoms with Crippen molar-refractivity contribution in [1.82, 2.24) is 4.57 Å². The third kappa shape index (κ3) is 1.86. The van der Waals surface area contributed by atoms with Gasteiger partial charge in [0.1, 0.15) is 7.05 Å². The Bertz CT molecular complexity index is 985. The molecule has 0 fully saturated rings. The molecule has 0 radical (unpaired) electrons. The molecule has 22 heavy (non-hydrogen) atoms. The van der Waals surface area contributed by atoms with Crippen molar-refractivity contribution in [3.05, 3.63) is 66.9 Å². The van der Waals surface area contributed by atoms with Crippen LogP contribution in [0.5, 0.6) is 11.6 Å². The van der Waals surface area contributed by atoms with Gasteiger partial charge in [-0.15, -0.1) is 0 Å². The molecular weight excluding hydrogens is 272 g/mol. The number of rotatable bonds is 2. The third-order valence-corrected chi connectivity index (χ3v) is 4.11. The Labute approximate surface area is 129 Å². The number of benzene rings is 2. The van der Waals surface area contributed by atoms with E-state index in [4.69, 9.17) is 4.74 Å². The van der Waals surface area contributed by atoms with Crippen LogP contribution in [0.1, 0.15) is 0 Å². The number of aromatic nitrogens is 2. The van der Waals surface area contributed by atoms with E-state index in [0.29, 0.717) is 0 Å². The van der Waals surface area contributed by atoms with Gasteiger partial charge in [-0.1, -0.05) is 30.3 Å². The highest BCUT2D eigenvalue weighted by Crippen LogP contribution is 2.35. The van der Waals surface area contributed by atoms with Gasteiger partial charge in [0.05, 0.1) is 11.6 Å². The van der Waals surface area contributed by atoms with Crippen LogP contribution in [-0.4, -0.2) is 4.57 Å². The molecule has 4 rings (SSSR count). The molecule has 0 aliphatic heterocycles.